The van der Waals surface area contributed by atoms with E-state index in [1.165, 1.54) is 0 Å². The summed E-state index contributed by atoms with van der Waals surface area (Å²) in [5.41, 5.74) is 9.44. The Hall–Kier alpha value is -2.43. The van der Waals surface area contributed by atoms with Crippen LogP contribution in [0.1, 0.15) is 5.56 Å². The highest BCUT2D eigenvalue weighted by Crippen LogP contribution is 2.23. The fraction of sp³-hybridized carbons (Fsp3) is 0.0833. The quantitative estimate of drug-likeness (QED) is 0.684. The van der Waals surface area contributed by atoms with Crippen LogP contribution >= 0.6 is 0 Å². The van der Waals surface area contributed by atoms with Crippen molar-refractivity contribution in [3.63, 3.8) is 0 Å². The summed E-state index contributed by atoms with van der Waals surface area (Å²) >= 11 is 0. The second kappa shape index (κ2) is 3.55. The number of anilines is 1. The van der Waals surface area contributed by atoms with Crippen molar-refractivity contribution in [1.29, 1.82) is 0 Å². The van der Waals surface area contributed by atoms with E-state index in [0.29, 0.717) is 5.82 Å². The van der Waals surface area contributed by atoms with Crippen LogP contribution in [-0.2, 0) is 0 Å². The fourth-order valence-electron chi connectivity index (χ4n) is 1.86. The van der Waals surface area contributed by atoms with Crippen LogP contribution in [0.4, 0.5) is 5.82 Å². The van der Waals surface area contributed by atoms with E-state index in [0.717, 1.165) is 22.5 Å². The highest BCUT2D eigenvalue weighted by molar-refractivity contribution is 5.66. The molecule has 0 amide bonds. The summed E-state index contributed by atoms with van der Waals surface area (Å²) in [4.78, 5) is 8.41. The molecule has 0 atom stereocenters. The molecule has 2 N–H and O–H groups in total. The van der Waals surface area contributed by atoms with Crippen LogP contribution in [0.3, 0.4) is 0 Å². The van der Waals surface area contributed by atoms with Gasteiger partial charge in [-0.15, -0.1) is 0 Å². The first-order valence-electron chi connectivity index (χ1n) is 5.27. The van der Waals surface area contributed by atoms with E-state index >= 15 is 0 Å². The zero-order chi connectivity index (χ0) is 11.8. The molecule has 0 aliphatic rings. The SMILES string of the molecule is Cc1cc(N)ncc1-c1cnc2cccnn12. The largest absolute Gasteiger partial charge is 0.384 e. The predicted molar refractivity (Wildman–Crippen MR) is 65.4 cm³/mol. The van der Waals surface area contributed by atoms with Crippen molar-refractivity contribution in [2.45, 2.75) is 6.92 Å². The first-order chi connectivity index (χ1) is 8.25. The van der Waals surface area contributed by atoms with Gasteiger partial charge in [-0.25, -0.2) is 14.5 Å². The Morgan fingerprint density at radius 2 is 2.12 bits per heavy atom. The Labute approximate surface area is 97.9 Å². The Morgan fingerprint density at radius 1 is 1.24 bits per heavy atom. The molecule has 3 aromatic rings. The van der Waals surface area contributed by atoms with E-state index in [1.54, 1.807) is 23.1 Å². The molecule has 5 nitrogen and oxygen atoms in total. The number of nitrogens with zero attached hydrogens (tertiary/aromatic N) is 4. The molecule has 3 heterocycles. The lowest BCUT2D eigenvalue weighted by Crippen LogP contribution is -1.96. The van der Waals surface area contributed by atoms with Gasteiger partial charge in [0, 0.05) is 18.0 Å². The molecule has 0 aromatic carbocycles. The molecule has 0 fully saturated rings. The third-order valence-corrected chi connectivity index (χ3v) is 2.69. The van der Waals surface area contributed by atoms with Gasteiger partial charge in [-0.05, 0) is 30.7 Å². The van der Waals surface area contributed by atoms with Crippen molar-refractivity contribution in [2.75, 3.05) is 5.73 Å². The minimum absolute atomic E-state index is 0.521. The monoisotopic (exact) mass is 225 g/mol. The molecule has 17 heavy (non-hydrogen) atoms. The summed E-state index contributed by atoms with van der Waals surface area (Å²) in [6.45, 7) is 2.00. The lowest BCUT2D eigenvalue weighted by molar-refractivity contribution is 0.940. The summed E-state index contributed by atoms with van der Waals surface area (Å²) in [5.74, 6) is 0.521. The van der Waals surface area contributed by atoms with E-state index < -0.39 is 0 Å². The molecule has 0 bridgehead atoms. The van der Waals surface area contributed by atoms with E-state index in [1.807, 2.05) is 25.1 Å². The Kier molecular flexibility index (Phi) is 2.04. The van der Waals surface area contributed by atoms with Crippen molar-refractivity contribution in [3.05, 3.63) is 42.4 Å². The standard InChI is InChI=1S/C12H11N5/c1-8-5-11(13)14-6-9(8)10-7-15-12-3-2-4-16-17(10)12/h2-7H,1H3,(H2,13,14). The molecule has 0 aliphatic heterocycles. The zero-order valence-electron chi connectivity index (χ0n) is 9.33. The number of aryl methyl sites for hydroxylation is 1. The molecule has 0 unspecified atom stereocenters. The molecular formula is C12H11N5. The van der Waals surface area contributed by atoms with Gasteiger partial charge >= 0.3 is 0 Å². The third kappa shape index (κ3) is 1.52. The van der Waals surface area contributed by atoms with Gasteiger partial charge in [0.25, 0.3) is 0 Å². The molecule has 0 aliphatic carbocycles. The van der Waals surface area contributed by atoms with E-state index in [9.17, 15) is 0 Å². The first kappa shape index (κ1) is 9.77. The van der Waals surface area contributed by atoms with Gasteiger partial charge in [-0.3, -0.25) is 0 Å². The van der Waals surface area contributed by atoms with Gasteiger partial charge in [0.1, 0.15) is 5.82 Å². The fourth-order valence-corrected chi connectivity index (χ4v) is 1.86. The predicted octanol–water partition coefficient (Wildman–Crippen LogP) is 1.68. The Balaban J connectivity index is 2.27. The topological polar surface area (TPSA) is 69.1 Å². The first-order valence-corrected chi connectivity index (χ1v) is 5.27. The van der Waals surface area contributed by atoms with Crippen LogP contribution in [0.2, 0.25) is 0 Å². The second-order valence-electron chi connectivity index (χ2n) is 3.86. The van der Waals surface area contributed by atoms with Crippen molar-refractivity contribution in [3.8, 4) is 11.3 Å². The number of nitrogen functional groups attached to an aromatic ring is 1. The van der Waals surface area contributed by atoms with E-state index in [4.69, 9.17) is 5.73 Å². The lowest BCUT2D eigenvalue weighted by atomic mass is 10.1. The summed E-state index contributed by atoms with van der Waals surface area (Å²) in [6.07, 6.45) is 5.28. The maximum atomic E-state index is 5.64. The van der Waals surface area contributed by atoms with E-state index in [-0.39, 0.29) is 0 Å². The Morgan fingerprint density at radius 3 is 2.94 bits per heavy atom. The number of rotatable bonds is 1. The maximum Gasteiger partial charge on any atom is 0.154 e. The van der Waals surface area contributed by atoms with Crippen molar-refractivity contribution in [1.82, 2.24) is 19.6 Å². The van der Waals surface area contributed by atoms with Gasteiger partial charge in [-0.1, -0.05) is 0 Å². The smallest absolute Gasteiger partial charge is 0.154 e. The van der Waals surface area contributed by atoms with Crippen LogP contribution in [0, 0.1) is 6.92 Å². The van der Waals surface area contributed by atoms with Crippen molar-refractivity contribution >= 4 is 11.5 Å². The molecule has 0 saturated carbocycles. The molecule has 0 radical (unpaired) electrons. The van der Waals surface area contributed by atoms with Crippen LogP contribution in [0.5, 0.6) is 0 Å². The molecule has 0 spiro atoms. The molecule has 3 rings (SSSR count). The van der Waals surface area contributed by atoms with Gasteiger partial charge in [0.2, 0.25) is 0 Å². The Bertz CT molecular complexity index is 686. The summed E-state index contributed by atoms with van der Waals surface area (Å²) in [7, 11) is 0. The van der Waals surface area contributed by atoms with Crippen molar-refractivity contribution in [2.24, 2.45) is 0 Å². The minimum Gasteiger partial charge on any atom is -0.384 e. The molecule has 5 heteroatoms. The number of aromatic nitrogens is 4. The van der Waals surface area contributed by atoms with Gasteiger partial charge in [0.05, 0.1) is 11.9 Å². The number of fused-ring (bicyclic) bond motifs is 1. The van der Waals surface area contributed by atoms with Gasteiger partial charge in [-0.2, -0.15) is 5.10 Å². The van der Waals surface area contributed by atoms with Crippen LogP contribution in [0.25, 0.3) is 16.9 Å². The molecule has 84 valence electrons. The summed E-state index contributed by atoms with van der Waals surface area (Å²) < 4.78 is 1.79. The lowest BCUT2D eigenvalue weighted by Gasteiger charge is -2.04. The van der Waals surface area contributed by atoms with Crippen molar-refractivity contribution < 1.29 is 0 Å². The van der Waals surface area contributed by atoms with Gasteiger partial charge in [0.15, 0.2) is 5.65 Å². The third-order valence-electron chi connectivity index (χ3n) is 2.69. The second-order valence-corrected chi connectivity index (χ2v) is 3.86. The number of imidazole rings is 1. The zero-order valence-corrected chi connectivity index (χ0v) is 9.33. The number of pyridine rings is 1. The summed E-state index contributed by atoms with van der Waals surface area (Å²) in [5, 5.41) is 4.28. The molecule has 0 saturated heterocycles. The van der Waals surface area contributed by atoms with Crippen LogP contribution < -0.4 is 5.73 Å². The molecular weight excluding hydrogens is 214 g/mol. The van der Waals surface area contributed by atoms with E-state index in [2.05, 4.69) is 15.1 Å². The minimum atomic E-state index is 0.521. The van der Waals surface area contributed by atoms with Crippen LogP contribution in [0.15, 0.2) is 36.8 Å². The maximum absolute atomic E-state index is 5.64. The van der Waals surface area contributed by atoms with Gasteiger partial charge < -0.3 is 5.73 Å². The summed E-state index contributed by atoms with van der Waals surface area (Å²) in [6, 6.07) is 5.62. The number of hydrogen-bond donors (Lipinski definition) is 1. The average molecular weight is 225 g/mol. The van der Waals surface area contributed by atoms with Crippen LogP contribution in [-0.4, -0.2) is 19.6 Å². The highest BCUT2D eigenvalue weighted by atomic mass is 15.2. The molecule has 3 aromatic heterocycles. The normalized spacial score (nSPS) is 10.9. The highest BCUT2D eigenvalue weighted by Gasteiger charge is 2.09. The number of nitrogens with two attached hydrogens (primary N) is 1. The average Bonchev–Trinajstić information content (AvgIpc) is 2.73. The number of hydrogen-bond acceptors (Lipinski definition) is 4.